The summed E-state index contributed by atoms with van der Waals surface area (Å²) in [6.45, 7) is 3.69. The third-order valence-electron chi connectivity index (χ3n) is 4.09. The number of halogens is 1. The molecule has 128 valence electrons. The summed E-state index contributed by atoms with van der Waals surface area (Å²) in [5, 5.41) is 10.8. The van der Waals surface area contributed by atoms with Gasteiger partial charge in [-0.15, -0.1) is 0 Å². The molecular formula is C16H19ClN4O3. The van der Waals surface area contributed by atoms with Crippen LogP contribution in [-0.4, -0.2) is 53.3 Å². The van der Waals surface area contributed by atoms with Crippen LogP contribution in [0.4, 0.5) is 5.82 Å². The standard InChI is InChI=1S/C16H19ClN4O3/c1-24-13-7-12(17)6-11(16(13)23)9-20-2-4-21(5-3-20)14-8-15(22)19-10-18-14/h6-8,10,23H,2-5,9H2,1H3,(H,18,19,22). The predicted octanol–water partition coefficient (Wildman–Crippen LogP) is 1.46. The average molecular weight is 351 g/mol. The third kappa shape index (κ3) is 3.63. The lowest BCUT2D eigenvalue weighted by molar-refractivity contribution is 0.245. The predicted molar refractivity (Wildman–Crippen MR) is 92.0 cm³/mol. The topological polar surface area (TPSA) is 81.7 Å². The van der Waals surface area contributed by atoms with Crippen molar-refractivity contribution in [1.29, 1.82) is 0 Å². The quantitative estimate of drug-likeness (QED) is 0.868. The minimum absolute atomic E-state index is 0.126. The van der Waals surface area contributed by atoms with Crippen LogP contribution in [0.1, 0.15) is 5.56 Å². The molecule has 1 aromatic carbocycles. The second-order valence-corrected chi connectivity index (χ2v) is 6.08. The zero-order chi connectivity index (χ0) is 17.1. The number of benzene rings is 1. The van der Waals surface area contributed by atoms with Crippen LogP contribution in [0.15, 0.2) is 29.3 Å². The minimum Gasteiger partial charge on any atom is -0.504 e. The van der Waals surface area contributed by atoms with Crippen molar-refractivity contribution in [2.75, 3.05) is 38.2 Å². The van der Waals surface area contributed by atoms with Crippen LogP contribution in [-0.2, 0) is 6.54 Å². The van der Waals surface area contributed by atoms with Gasteiger partial charge in [0.25, 0.3) is 5.56 Å². The van der Waals surface area contributed by atoms with E-state index in [1.54, 1.807) is 12.1 Å². The number of aromatic hydroxyl groups is 1. The molecule has 1 fully saturated rings. The van der Waals surface area contributed by atoms with Crippen molar-refractivity contribution >= 4 is 17.4 Å². The summed E-state index contributed by atoms with van der Waals surface area (Å²) in [4.78, 5) is 22.4. The highest BCUT2D eigenvalue weighted by Crippen LogP contribution is 2.34. The summed E-state index contributed by atoms with van der Waals surface area (Å²) in [5.41, 5.74) is 0.584. The van der Waals surface area contributed by atoms with Crippen molar-refractivity contribution in [3.05, 3.63) is 45.5 Å². The number of phenolic OH excluding ortho intramolecular Hbond substituents is 1. The highest BCUT2D eigenvalue weighted by molar-refractivity contribution is 6.30. The lowest BCUT2D eigenvalue weighted by Crippen LogP contribution is -2.46. The van der Waals surface area contributed by atoms with E-state index < -0.39 is 0 Å². The van der Waals surface area contributed by atoms with Gasteiger partial charge in [0.15, 0.2) is 11.5 Å². The van der Waals surface area contributed by atoms with Crippen molar-refractivity contribution in [3.63, 3.8) is 0 Å². The molecule has 1 aliphatic heterocycles. The summed E-state index contributed by atoms with van der Waals surface area (Å²) >= 11 is 6.08. The van der Waals surface area contributed by atoms with E-state index in [4.69, 9.17) is 16.3 Å². The summed E-state index contributed by atoms with van der Waals surface area (Å²) in [5.74, 6) is 1.19. The van der Waals surface area contributed by atoms with Crippen molar-refractivity contribution < 1.29 is 9.84 Å². The number of H-pyrrole nitrogens is 1. The maximum absolute atomic E-state index is 11.4. The molecule has 0 aliphatic carbocycles. The van der Waals surface area contributed by atoms with Crippen LogP contribution < -0.4 is 15.2 Å². The fourth-order valence-electron chi connectivity index (χ4n) is 2.81. The molecule has 2 heterocycles. The maximum atomic E-state index is 11.4. The normalized spacial score (nSPS) is 15.5. The fourth-order valence-corrected chi connectivity index (χ4v) is 3.04. The zero-order valence-corrected chi connectivity index (χ0v) is 14.1. The largest absolute Gasteiger partial charge is 0.504 e. The molecule has 0 bridgehead atoms. The maximum Gasteiger partial charge on any atom is 0.252 e. The number of anilines is 1. The Labute approximate surface area is 144 Å². The summed E-state index contributed by atoms with van der Waals surface area (Å²) in [6, 6.07) is 4.85. The summed E-state index contributed by atoms with van der Waals surface area (Å²) < 4.78 is 5.14. The molecule has 0 atom stereocenters. The molecule has 2 aromatic rings. The van der Waals surface area contributed by atoms with Gasteiger partial charge < -0.3 is 19.7 Å². The monoisotopic (exact) mass is 350 g/mol. The summed E-state index contributed by atoms with van der Waals surface area (Å²) in [7, 11) is 1.50. The number of hydrogen-bond acceptors (Lipinski definition) is 6. The molecule has 1 saturated heterocycles. The highest BCUT2D eigenvalue weighted by Gasteiger charge is 2.20. The number of nitrogens with one attached hydrogen (secondary N) is 1. The number of nitrogens with zero attached hydrogens (tertiary/aromatic N) is 3. The second-order valence-electron chi connectivity index (χ2n) is 5.65. The number of hydrogen-bond donors (Lipinski definition) is 2. The van der Waals surface area contributed by atoms with Gasteiger partial charge in [0.05, 0.1) is 13.4 Å². The second kappa shape index (κ2) is 7.11. The van der Waals surface area contributed by atoms with Gasteiger partial charge in [-0.05, 0) is 6.07 Å². The first-order valence-corrected chi connectivity index (χ1v) is 8.02. The first kappa shape index (κ1) is 16.6. The average Bonchev–Trinajstić information content (AvgIpc) is 2.58. The Morgan fingerprint density at radius 2 is 2.04 bits per heavy atom. The van der Waals surface area contributed by atoms with Gasteiger partial charge in [0.1, 0.15) is 5.82 Å². The molecule has 7 nitrogen and oxygen atoms in total. The van der Waals surface area contributed by atoms with Crippen molar-refractivity contribution in [2.45, 2.75) is 6.54 Å². The number of ether oxygens (including phenoxy) is 1. The molecule has 24 heavy (non-hydrogen) atoms. The van der Waals surface area contributed by atoms with Gasteiger partial charge in [0, 0.05) is 55.4 Å². The van der Waals surface area contributed by atoms with E-state index in [1.807, 2.05) is 0 Å². The number of piperazine rings is 1. The first-order chi connectivity index (χ1) is 11.6. The molecule has 0 spiro atoms. The molecule has 0 amide bonds. The van der Waals surface area contributed by atoms with E-state index in [0.29, 0.717) is 23.1 Å². The number of methoxy groups -OCH3 is 1. The van der Waals surface area contributed by atoms with E-state index in [2.05, 4.69) is 19.8 Å². The van der Waals surface area contributed by atoms with Crippen LogP contribution in [0.3, 0.4) is 0 Å². The van der Waals surface area contributed by atoms with Gasteiger partial charge in [-0.2, -0.15) is 0 Å². The van der Waals surface area contributed by atoms with Crippen molar-refractivity contribution in [2.24, 2.45) is 0 Å². The Morgan fingerprint density at radius 3 is 2.71 bits per heavy atom. The molecular weight excluding hydrogens is 332 g/mol. The van der Waals surface area contributed by atoms with E-state index in [0.717, 1.165) is 31.7 Å². The number of aromatic nitrogens is 2. The Hall–Kier alpha value is -2.25. The Balaban J connectivity index is 1.66. The van der Waals surface area contributed by atoms with Gasteiger partial charge in [-0.3, -0.25) is 9.69 Å². The third-order valence-corrected chi connectivity index (χ3v) is 4.31. The van der Waals surface area contributed by atoms with Gasteiger partial charge in [-0.1, -0.05) is 11.6 Å². The molecule has 1 aliphatic rings. The minimum atomic E-state index is -0.154. The molecule has 0 radical (unpaired) electrons. The van der Waals surface area contributed by atoms with E-state index >= 15 is 0 Å². The molecule has 8 heteroatoms. The van der Waals surface area contributed by atoms with Crippen LogP contribution in [0, 0.1) is 0 Å². The highest BCUT2D eigenvalue weighted by atomic mass is 35.5. The number of aromatic amines is 1. The van der Waals surface area contributed by atoms with E-state index in [9.17, 15) is 9.90 Å². The number of phenols is 1. The molecule has 3 rings (SSSR count). The molecule has 0 saturated carbocycles. The van der Waals surface area contributed by atoms with E-state index in [1.165, 1.54) is 19.5 Å². The molecule has 1 aromatic heterocycles. The summed E-state index contributed by atoms with van der Waals surface area (Å²) in [6.07, 6.45) is 1.42. The smallest absolute Gasteiger partial charge is 0.252 e. The lowest BCUT2D eigenvalue weighted by atomic mass is 10.1. The van der Waals surface area contributed by atoms with Crippen LogP contribution in [0.5, 0.6) is 11.5 Å². The van der Waals surface area contributed by atoms with E-state index in [-0.39, 0.29) is 11.3 Å². The SMILES string of the molecule is COc1cc(Cl)cc(CN2CCN(c3cc(=O)[nH]cn3)CC2)c1O. The van der Waals surface area contributed by atoms with Crippen LogP contribution in [0.25, 0.3) is 0 Å². The van der Waals surface area contributed by atoms with Gasteiger partial charge in [-0.25, -0.2) is 4.98 Å². The first-order valence-electron chi connectivity index (χ1n) is 7.64. The van der Waals surface area contributed by atoms with Crippen molar-refractivity contribution in [3.8, 4) is 11.5 Å². The molecule has 0 unspecified atom stereocenters. The number of rotatable bonds is 4. The van der Waals surface area contributed by atoms with Gasteiger partial charge >= 0.3 is 0 Å². The van der Waals surface area contributed by atoms with Crippen LogP contribution in [0.2, 0.25) is 5.02 Å². The fraction of sp³-hybridized carbons (Fsp3) is 0.375. The zero-order valence-electron chi connectivity index (χ0n) is 13.3. The lowest BCUT2D eigenvalue weighted by Gasteiger charge is -2.35. The van der Waals surface area contributed by atoms with Gasteiger partial charge in [0.2, 0.25) is 0 Å². The molecule has 2 N–H and O–H groups in total. The Morgan fingerprint density at radius 1 is 1.29 bits per heavy atom. The van der Waals surface area contributed by atoms with Crippen molar-refractivity contribution in [1.82, 2.24) is 14.9 Å². The Bertz CT molecular complexity index is 772. The Kier molecular flexibility index (Phi) is 4.92. The van der Waals surface area contributed by atoms with Crippen LogP contribution >= 0.6 is 11.6 Å².